The van der Waals surface area contributed by atoms with Crippen molar-refractivity contribution in [2.75, 3.05) is 11.9 Å². The summed E-state index contributed by atoms with van der Waals surface area (Å²) in [6.07, 6.45) is 0.273. The van der Waals surface area contributed by atoms with Crippen molar-refractivity contribution in [1.82, 2.24) is 0 Å². The van der Waals surface area contributed by atoms with E-state index in [0.717, 1.165) is 12.1 Å². The largest absolute Gasteiger partial charge is 0.508 e. The van der Waals surface area contributed by atoms with Crippen molar-refractivity contribution in [3.63, 3.8) is 0 Å². The van der Waals surface area contributed by atoms with Gasteiger partial charge in [-0.25, -0.2) is 0 Å². The first-order valence-corrected chi connectivity index (χ1v) is 7.08. The van der Waals surface area contributed by atoms with Gasteiger partial charge < -0.3 is 21.3 Å². The van der Waals surface area contributed by atoms with E-state index < -0.39 is 12.0 Å². The molecule has 0 aliphatic carbocycles. The second-order valence-corrected chi connectivity index (χ2v) is 4.71. The molecule has 1 unspecified atom stereocenters. The van der Waals surface area contributed by atoms with E-state index in [0.29, 0.717) is 0 Å². The van der Waals surface area contributed by atoms with E-state index in [-0.39, 0.29) is 12.2 Å². The summed E-state index contributed by atoms with van der Waals surface area (Å²) < 4.78 is 0. The normalized spacial score (nSPS) is 11.0. The highest BCUT2D eigenvalue weighted by Crippen LogP contribution is 2.10. The molecular weight excluding hydrogens is 280 g/mol. The summed E-state index contributed by atoms with van der Waals surface area (Å²) in [5.74, 6) is -0.860. The van der Waals surface area contributed by atoms with Crippen LogP contribution in [-0.2, 0) is 11.2 Å². The van der Waals surface area contributed by atoms with Crippen molar-refractivity contribution in [3.8, 4) is 5.75 Å². The maximum atomic E-state index is 10.4. The molecule has 0 aliphatic heterocycles. The summed E-state index contributed by atoms with van der Waals surface area (Å²) in [5, 5.41) is 20.7. The van der Waals surface area contributed by atoms with E-state index in [2.05, 4.69) is 24.4 Å². The molecule has 5 nitrogen and oxygen atoms in total. The third-order valence-electron chi connectivity index (χ3n) is 2.86. The Morgan fingerprint density at radius 1 is 1.14 bits per heavy atom. The molecule has 5 N–H and O–H groups in total. The molecule has 2 aromatic carbocycles. The molecule has 118 valence electrons. The third kappa shape index (κ3) is 6.76. The SMILES string of the molecule is CCNc1ccccc1.NC(Cc1ccc(O)cc1)C(=O)O. The second kappa shape index (κ2) is 9.41. The van der Waals surface area contributed by atoms with Crippen LogP contribution in [0.5, 0.6) is 5.75 Å². The van der Waals surface area contributed by atoms with Crippen LogP contribution in [0.3, 0.4) is 0 Å². The van der Waals surface area contributed by atoms with Gasteiger partial charge in [0.2, 0.25) is 0 Å². The Morgan fingerprint density at radius 2 is 1.73 bits per heavy atom. The molecule has 0 radical (unpaired) electrons. The topological polar surface area (TPSA) is 95.6 Å². The highest BCUT2D eigenvalue weighted by Gasteiger charge is 2.11. The first-order valence-electron chi connectivity index (χ1n) is 7.08. The predicted molar refractivity (Wildman–Crippen MR) is 88.0 cm³/mol. The van der Waals surface area contributed by atoms with Crippen LogP contribution < -0.4 is 11.1 Å². The Bertz CT molecular complexity index is 556. The lowest BCUT2D eigenvalue weighted by Crippen LogP contribution is -2.32. The van der Waals surface area contributed by atoms with Crippen LogP contribution in [0.1, 0.15) is 12.5 Å². The number of nitrogens with one attached hydrogen (secondary N) is 1. The van der Waals surface area contributed by atoms with E-state index in [1.54, 1.807) is 12.1 Å². The Morgan fingerprint density at radius 3 is 2.23 bits per heavy atom. The summed E-state index contributed by atoms with van der Waals surface area (Å²) >= 11 is 0. The highest BCUT2D eigenvalue weighted by molar-refractivity contribution is 5.73. The fourth-order valence-corrected chi connectivity index (χ4v) is 1.73. The number of carbonyl (C=O) groups is 1. The molecule has 5 heteroatoms. The molecule has 0 aromatic heterocycles. The number of rotatable bonds is 5. The number of anilines is 1. The zero-order valence-corrected chi connectivity index (χ0v) is 12.6. The lowest BCUT2D eigenvalue weighted by atomic mass is 10.1. The Balaban J connectivity index is 0.000000235. The second-order valence-electron chi connectivity index (χ2n) is 4.71. The Hall–Kier alpha value is -2.53. The first kappa shape index (κ1) is 17.5. The number of benzene rings is 2. The van der Waals surface area contributed by atoms with Gasteiger partial charge in [-0.1, -0.05) is 30.3 Å². The number of hydrogen-bond acceptors (Lipinski definition) is 4. The van der Waals surface area contributed by atoms with Crippen molar-refractivity contribution >= 4 is 11.7 Å². The van der Waals surface area contributed by atoms with Crippen molar-refractivity contribution < 1.29 is 15.0 Å². The standard InChI is InChI=1S/C9H11NO3.C8H11N/c10-8(9(12)13)5-6-1-3-7(11)4-2-6;1-2-9-8-6-4-3-5-7-8/h1-4,8,11H,5,10H2,(H,12,13);3-7,9H,2H2,1H3. The first-order chi connectivity index (χ1) is 10.5. The molecule has 0 bridgehead atoms. The molecule has 2 aromatic rings. The summed E-state index contributed by atoms with van der Waals surface area (Å²) in [6, 6.07) is 15.6. The Kier molecular flexibility index (Phi) is 7.50. The molecule has 0 amide bonds. The monoisotopic (exact) mass is 302 g/mol. The van der Waals surface area contributed by atoms with Gasteiger partial charge in [-0.15, -0.1) is 0 Å². The van der Waals surface area contributed by atoms with Crippen molar-refractivity contribution in [3.05, 3.63) is 60.2 Å². The van der Waals surface area contributed by atoms with Crippen molar-refractivity contribution in [1.29, 1.82) is 0 Å². The third-order valence-corrected chi connectivity index (χ3v) is 2.86. The molecule has 0 saturated heterocycles. The van der Waals surface area contributed by atoms with Crippen LogP contribution in [0, 0.1) is 0 Å². The van der Waals surface area contributed by atoms with Gasteiger partial charge in [-0.05, 0) is 43.2 Å². The number of phenols is 1. The van der Waals surface area contributed by atoms with Gasteiger partial charge in [-0.2, -0.15) is 0 Å². The molecule has 22 heavy (non-hydrogen) atoms. The maximum absolute atomic E-state index is 10.4. The minimum atomic E-state index is -1.02. The van der Waals surface area contributed by atoms with Crippen LogP contribution in [0.2, 0.25) is 0 Å². The van der Waals surface area contributed by atoms with Gasteiger partial charge >= 0.3 is 5.97 Å². The summed E-state index contributed by atoms with van der Waals surface area (Å²) in [5.41, 5.74) is 7.32. The van der Waals surface area contributed by atoms with Gasteiger partial charge in [0.1, 0.15) is 11.8 Å². The number of phenolic OH excluding ortho intramolecular Hbond substituents is 1. The fraction of sp³-hybridized carbons (Fsp3) is 0.235. The van der Waals surface area contributed by atoms with E-state index in [1.807, 2.05) is 18.2 Å². The van der Waals surface area contributed by atoms with Gasteiger partial charge in [0.15, 0.2) is 0 Å². The van der Waals surface area contributed by atoms with Crippen LogP contribution in [0.4, 0.5) is 5.69 Å². The van der Waals surface area contributed by atoms with Gasteiger partial charge in [-0.3, -0.25) is 4.79 Å². The van der Waals surface area contributed by atoms with Crippen molar-refractivity contribution in [2.45, 2.75) is 19.4 Å². The zero-order valence-electron chi connectivity index (χ0n) is 12.6. The highest BCUT2D eigenvalue weighted by atomic mass is 16.4. The minimum absolute atomic E-state index is 0.160. The van der Waals surface area contributed by atoms with Gasteiger partial charge in [0.05, 0.1) is 0 Å². The molecule has 0 saturated carbocycles. The van der Waals surface area contributed by atoms with Crippen molar-refractivity contribution in [2.24, 2.45) is 5.73 Å². The molecule has 0 spiro atoms. The zero-order chi connectivity index (χ0) is 16.4. The lowest BCUT2D eigenvalue weighted by Gasteiger charge is -2.05. The molecule has 2 rings (SSSR count). The quantitative estimate of drug-likeness (QED) is 0.680. The number of aliphatic carboxylic acids is 1. The maximum Gasteiger partial charge on any atom is 0.320 e. The average molecular weight is 302 g/mol. The summed E-state index contributed by atoms with van der Waals surface area (Å²) in [4.78, 5) is 10.4. The van der Waals surface area contributed by atoms with Gasteiger partial charge in [0, 0.05) is 12.2 Å². The number of para-hydroxylation sites is 1. The van der Waals surface area contributed by atoms with E-state index in [1.165, 1.54) is 17.8 Å². The summed E-state index contributed by atoms with van der Waals surface area (Å²) in [6.45, 7) is 3.08. The van der Waals surface area contributed by atoms with Crippen LogP contribution in [0.25, 0.3) is 0 Å². The predicted octanol–water partition coefficient (Wildman–Crippen LogP) is 2.46. The summed E-state index contributed by atoms with van der Waals surface area (Å²) in [7, 11) is 0. The fourth-order valence-electron chi connectivity index (χ4n) is 1.73. The molecule has 0 heterocycles. The number of carboxylic acids is 1. The number of hydrogen-bond donors (Lipinski definition) is 4. The smallest absolute Gasteiger partial charge is 0.320 e. The van der Waals surface area contributed by atoms with Crippen LogP contribution in [0.15, 0.2) is 54.6 Å². The Labute approximate surface area is 130 Å². The molecule has 0 fully saturated rings. The number of nitrogens with two attached hydrogens (primary N) is 1. The minimum Gasteiger partial charge on any atom is -0.508 e. The molecular formula is C17H22N2O3. The van der Waals surface area contributed by atoms with E-state index in [9.17, 15) is 4.79 Å². The van der Waals surface area contributed by atoms with E-state index in [4.69, 9.17) is 15.9 Å². The number of aromatic hydroxyl groups is 1. The van der Waals surface area contributed by atoms with Crippen LogP contribution in [-0.4, -0.2) is 28.8 Å². The number of carboxylic acid groups (broad SMARTS) is 1. The van der Waals surface area contributed by atoms with Crippen LogP contribution >= 0.6 is 0 Å². The lowest BCUT2D eigenvalue weighted by molar-refractivity contribution is -0.138. The molecule has 0 aliphatic rings. The van der Waals surface area contributed by atoms with E-state index >= 15 is 0 Å². The van der Waals surface area contributed by atoms with Gasteiger partial charge in [0.25, 0.3) is 0 Å². The molecule has 1 atom stereocenters. The average Bonchev–Trinajstić information content (AvgIpc) is 2.51.